The minimum atomic E-state index is -1.17. The van der Waals surface area contributed by atoms with Crippen molar-refractivity contribution < 1.29 is 19.4 Å². The first kappa shape index (κ1) is 25.7. The molecule has 37 heavy (non-hydrogen) atoms. The molecule has 188 valence electrons. The molecule has 4 rings (SSSR count). The number of amides is 1. The molecule has 6 nitrogen and oxygen atoms in total. The predicted molar refractivity (Wildman–Crippen MR) is 142 cm³/mol. The molecular formula is C31H30N2O4. The van der Waals surface area contributed by atoms with Crippen molar-refractivity contribution in [1.29, 1.82) is 0 Å². The van der Waals surface area contributed by atoms with Crippen LogP contribution < -0.4 is 0 Å². The third-order valence-electron chi connectivity index (χ3n) is 5.96. The zero-order valence-corrected chi connectivity index (χ0v) is 20.5. The van der Waals surface area contributed by atoms with Gasteiger partial charge in [0.25, 0.3) is 0 Å². The molecule has 0 saturated heterocycles. The second-order valence-corrected chi connectivity index (χ2v) is 8.72. The standard InChI is InChI=1S/C31H30N2O4/c34-30(35)29(21-25-13-5-1-6-14-25)33(31(36)37-24-28-19-11-4-12-20-28)32(22-26-15-7-2-8-16-26)23-27-17-9-3-10-18-27/h1-20,29H,21-24H2,(H,34,35). The van der Waals surface area contributed by atoms with E-state index in [1.165, 1.54) is 5.01 Å². The van der Waals surface area contributed by atoms with Crippen LogP contribution in [-0.2, 0) is 35.6 Å². The maximum absolute atomic E-state index is 13.7. The Kier molecular flexibility index (Phi) is 9.05. The molecule has 0 heterocycles. The first-order chi connectivity index (χ1) is 18.1. The van der Waals surface area contributed by atoms with Gasteiger partial charge in [0.15, 0.2) is 6.04 Å². The van der Waals surface area contributed by atoms with Crippen molar-refractivity contribution in [3.63, 3.8) is 0 Å². The van der Waals surface area contributed by atoms with Gasteiger partial charge in [-0.3, -0.25) is 0 Å². The summed E-state index contributed by atoms with van der Waals surface area (Å²) in [7, 11) is 0. The van der Waals surface area contributed by atoms with E-state index in [1.807, 2.05) is 121 Å². The number of ether oxygens (including phenoxy) is 1. The molecule has 4 aromatic carbocycles. The van der Waals surface area contributed by atoms with Gasteiger partial charge in [-0.05, 0) is 22.3 Å². The summed E-state index contributed by atoms with van der Waals surface area (Å²) < 4.78 is 5.70. The maximum atomic E-state index is 13.7. The highest BCUT2D eigenvalue weighted by molar-refractivity contribution is 5.80. The van der Waals surface area contributed by atoms with Gasteiger partial charge in [-0.15, -0.1) is 0 Å². The van der Waals surface area contributed by atoms with E-state index in [0.717, 1.165) is 22.3 Å². The molecule has 0 bridgehead atoms. The van der Waals surface area contributed by atoms with Gasteiger partial charge in [-0.25, -0.2) is 19.6 Å². The second-order valence-electron chi connectivity index (χ2n) is 8.72. The van der Waals surface area contributed by atoms with E-state index < -0.39 is 18.1 Å². The summed E-state index contributed by atoms with van der Waals surface area (Å²) in [5.74, 6) is -1.10. The largest absolute Gasteiger partial charge is 0.480 e. The number of hydrogen-bond donors (Lipinski definition) is 1. The number of hydrogen-bond acceptors (Lipinski definition) is 4. The Hall–Kier alpha value is -4.42. The van der Waals surface area contributed by atoms with Crippen molar-refractivity contribution in [1.82, 2.24) is 10.0 Å². The van der Waals surface area contributed by atoms with Crippen LogP contribution in [0.1, 0.15) is 22.3 Å². The van der Waals surface area contributed by atoms with Crippen LogP contribution in [0.15, 0.2) is 121 Å². The lowest BCUT2D eigenvalue weighted by atomic mass is 10.1. The second kappa shape index (κ2) is 13.0. The monoisotopic (exact) mass is 494 g/mol. The zero-order chi connectivity index (χ0) is 25.9. The highest BCUT2D eigenvalue weighted by Crippen LogP contribution is 2.20. The van der Waals surface area contributed by atoms with E-state index in [-0.39, 0.29) is 13.0 Å². The fourth-order valence-corrected chi connectivity index (χ4v) is 4.14. The van der Waals surface area contributed by atoms with Gasteiger partial charge < -0.3 is 9.84 Å². The Bertz CT molecular complexity index is 1210. The Balaban J connectivity index is 1.70. The molecule has 4 aromatic rings. The van der Waals surface area contributed by atoms with Crippen molar-refractivity contribution in [3.05, 3.63) is 144 Å². The number of carboxylic acid groups (broad SMARTS) is 1. The van der Waals surface area contributed by atoms with Gasteiger partial charge in [-0.1, -0.05) is 121 Å². The minimum absolute atomic E-state index is 0.0400. The van der Waals surface area contributed by atoms with E-state index in [1.54, 1.807) is 5.01 Å². The number of nitrogens with zero attached hydrogens (tertiary/aromatic N) is 2. The van der Waals surface area contributed by atoms with Gasteiger partial charge in [0, 0.05) is 19.5 Å². The highest BCUT2D eigenvalue weighted by Gasteiger charge is 2.36. The summed E-state index contributed by atoms with van der Waals surface area (Å²) in [4.78, 5) is 26.3. The molecule has 1 atom stereocenters. The fourth-order valence-electron chi connectivity index (χ4n) is 4.14. The lowest BCUT2D eigenvalue weighted by Crippen LogP contribution is -2.55. The van der Waals surface area contributed by atoms with Crippen molar-refractivity contribution in [2.45, 2.75) is 32.2 Å². The average Bonchev–Trinajstić information content (AvgIpc) is 2.93. The van der Waals surface area contributed by atoms with Gasteiger partial charge in [0.2, 0.25) is 0 Å². The average molecular weight is 495 g/mol. The molecular weight excluding hydrogens is 464 g/mol. The van der Waals surface area contributed by atoms with Crippen LogP contribution in [0.5, 0.6) is 0 Å². The predicted octanol–water partition coefficient (Wildman–Crippen LogP) is 5.94. The van der Waals surface area contributed by atoms with Crippen molar-refractivity contribution in [2.75, 3.05) is 0 Å². The summed E-state index contributed by atoms with van der Waals surface area (Å²) in [6, 6.07) is 36.9. The molecule has 0 fully saturated rings. The first-order valence-corrected chi connectivity index (χ1v) is 12.2. The molecule has 0 aliphatic heterocycles. The van der Waals surface area contributed by atoms with Crippen molar-refractivity contribution >= 4 is 12.1 Å². The van der Waals surface area contributed by atoms with Crippen LogP contribution in [0, 0.1) is 0 Å². The van der Waals surface area contributed by atoms with E-state index in [4.69, 9.17) is 4.74 Å². The molecule has 0 radical (unpaired) electrons. The number of benzene rings is 4. The van der Waals surface area contributed by atoms with Gasteiger partial charge in [0.1, 0.15) is 6.61 Å². The normalized spacial score (nSPS) is 11.6. The van der Waals surface area contributed by atoms with Crippen LogP contribution in [0.3, 0.4) is 0 Å². The Morgan fingerprint density at radius 1 is 0.622 bits per heavy atom. The summed E-state index contributed by atoms with van der Waals surface area (Å²) in [5.41, 5.74) is 3.53. The number of aliphatic carboxylic acids is 1. The molecule has 0 saturated carbocycles. The Morgan fingerprint density at radius 2 is 1.03 bits per heavy atom. The van der Waals surface area contributed by atoms with E-state index in [2.05, 4.69) is 0 Å². The third kappa shape index (κ3) is 7.53. The molecule has 0 spiro atoms. The number of carbonyl (C=O) groups is 2. The van der Waals surface area contributed by atoms with Crippen LogP contribution in [0.2, 0.25) is 0 Å². The summed E-state index contributed by atoms with van der Waals surface area (Å²) in [6.45, 7) is 0.696. The SMILES string of the molecule is O=C(O)C(Cc1ccccc1)N(C(=O)OCc1ccccc1)N(Cc1ccccc1)Cc1ccccc1. The topological polar surface area (TPSA) is 70.1 Å². The molecule has 6 heteroatoms. The summed E-state index contributed by atoms with van der Waals surface area (Å²) >= 11 is 0. The molecule has 1 N–H and O–H groups in total. The number of rotatable bonds is 11. The third-order valence-corrected chi connectivity index (χ3v) is 5.96. The van der Waals surface area contributed by atoms with Crippen LogP contribution in [0.4, 0.5) is 4.79 Å². The fraction of sp³-hybridized carbons (Fsp3) is 0.161. The Labute approximate surface area is 217 Å². The van der Waals surface area contributed by atoms with Crippen molar-refractivity contribution in [3.8, 4) is 0 Å². The smallest absolute Gasteiger partial charge is 0.425 e. The van der Waals surface area contributed by atoms with Crippen LogP contribution in [0.25, 0.3) is 0 Å². The van der Waals surface area contributed by atoms with E-state index >= 15 is 0 Å². The lowest BCUT2D eigenvalue weighted by molar-refractivity contribution is -0.152. The highest BCUT2D eigenvalue weighted by atomic mass is 16.6. The zero-order valence-electron chi connectivity index (χ0n) is 20.5. The number of hydrazine groups is 1. The molecule has 1 unspecified atom stereocenters. The molecule has 1 amide bonds. The quantitative estimate of drug-likeness (QED) is 0.261. The Morgan fingerprint density at radius 3 is 1.46 bits per heavy atom. The van der Waals surface area contributed by atoms with Gasteiger partial charge >= 0.3 is 12.1 Å². The summed E-state index contributed by atoms with van der Waals surface area (Å²) in [6.07, 6.45) is -0.574. The van der Waals surface area contributed by atoms with Gasteiger partial charge in [0.05, 0.1) is 0 Å². The number of carboxylic acids is 1. The van der Waals surface area contributed by atoms with Crippen molar-refractivity contribution in [2.24, 2.45) is 0 Å². The van der Waals surface area contributed by atoms with Gasteiger partial charge in [-0.2, -0.15) is 0 Å². The van der Waals surface area contributed by atoms with Crippen LogP contribution >= 0.6 is 0 Å². The number of carbonyl (C=O) groups excluding carboxylic acids is 1. The van der Waals surface area contributed by atoms with E-state index in [0.29, 0.717) is 13.1 Å². The lowest BCUT2D eigenvalue weighted by Gasteiger charge is -2.38. The van der Waals surface area contributed by atoms with E-state index in [9.17, 15) is 14.7 Å². The molecule has 0 aliphatic rings. The summed E-state index contributed by atoms with van der Waals surface area (Å²) in [5, 5.41) is 13.4. The maximum Gasteiger partial charge on any atom is 0.425 e. The first-order valence-electron chi connectivity index (χ1n) is 12.2. The van der Waals surface area contributed by atoms with Crippen LogP contribution in [-0.4, -0.2) is 33.2 Å². The minimum Gasteiger partial charge on any atom is -0.480 e. The molecule has 0 aliphatic carbocycles. The molecule has 0 aromatic heterocycles.